The lowest BCUT2D eigenvalue weighted by atomic mass is 10.0. The molecule has 0 saturated heterocycles. The van der Waals surface area contributed by atoms with Crippen molar-refractivity contribution in [3.05, 3.63) is 230 Å². The van der Waals surface area contributed by atoms with Crippen LogP contribution in [0, 0.1) is 0 Å². The van der Waals surface area contributed by atoms with Crippen LogP contribution in [0.15, 0.2) is 168 Å². The number of fused-ring (bicyclic) bond motifs is 9. The first-order chi connectivity index (χ1) is 37.1. The van der Waals surface area contributed by atoms with Crippen molar-refractivity contribution in [2.45, 2.75) is 88.9 Å². The van der Waals surface area contributed by atoms with Gasteiger partial charge in [-0.1, -0.05) is 128 Å². The zero-order valence-electron chi connectivity index (χ0n) is 42.1. The lowest BCUT2D eigenvalue weighted by Gasteiger charge is -2.28. The zero-order chi connectivity index (χ0) is 52.3. The number of nitrogens with zero attached hydrogens (tertiary/aromatic N) is 4. The predicted octanol–water partition coefficient (Wildman–Crippen LogP) is 13.1. The van der Waals surface area contributed by atoms with Gasteiger partial charge in [0.15, 0.2) is 11.0 Å². The van der Waals surface area contributed by atoms with Crippen molar-refractivity contribution in [3.8, 4) is 0 Å². The first-order valence-electron chi connectivity index (χ1n) is 26.1. The van der Waals surface area contributed by atoms with E-state index in [9.17, 15) is 33.9 Å². The third kappa shape index (κ3) is 9.93. The van der Waals surface area contributed by atoms with Crippen LogP contribution in [0.2, 0.25) is 0 Å². The second-order valence-corrected chi connectivity index (χ2v) is 22.0. The maximum absolute atomic E-state index is 13.6. The van der Waals surface area contributed by atoms with Gasteiger partial charge in [-0.05, 0) is 127 Å². The van der Waals surface area contributed by atoms with Gasteiger partial charge in [0, 0.05) is 71.3 Å². The highest BCUT2D eigenvalue weighted by molar-refractivity contribution is 7.84. The quantitative estimate of drug-likeness (QED) is 0.109. The van der Waals surface area contributed by atoms with Crippen molar-refractivity contribution in [1.29, 1.82) is 0 Å². The van der Waals surface area contributed by atoms with Gasteiger partial charge in [-0.3, -0.25) is 8.87 Å². The van der Waals surface area contributed by atoms with Gasteiger partial charge < -0.3 is 24.5 Å². The number of carboxylic acid groups (broad SMARTS) is 3. The summed E-state index contributed by atoms with van der Waals surface area (Å²) >= 11 is 1.11. The SMILES string of the molecule is O=C(O)c1ccccc1Cn1c2c(c3ccccc31)CCC2.O=C(O)c1ccccc1Cn1c2c(c3ccccc31)CCCCC2.O=C(O)c1sccc1S(=O)n1c2c(c3ccccc31)CCN(Cc1ccccc1)C2. The van der Waals surface area contributed by atoms with Gasteiger partial charge in [0.25, 0.3) is 0 Å². The molecule has 0 spiro atoms. The number of aromatic carboxylic acids is 3. The Morgan fingerprint density at radius 3 is 1.55 bits per heavy atom. The Hall–Kier alpha value is -7.84. The Bertz CT molecular complexity index is 3830. The average molecular weight is 1050 g/mol. The molecule has 1 aliphatic heterocycles. The molecule has 384 valence electrons. The molecule has 0 saturated carbocycles. The van der Waals surface area contributed by atoms with Crippen LogP contribution in [-0.2, 0) is 69.3 Å². The smallest absolute Gasteiger partial charge is 0.347 e. The largest absolute Gasteiger partial charge is 0.478 e. The minimum absolute atomic E-state index is 0.136. The number of para-hydroxylation sites is 3. The maximum Gasteiger partial charge on any atom is 0.347 e. The van der Waals surface area contributed by atoms with Gasteiger partial charge in [0.05, 0.1) is 27.2 Å². The second kappa shape index (κ2) is 22.2. The van der Waals surface area contributed by atoms with Crippen LogP contribution in [0.1, 0.15) is 107 Å². The van der Waals surface area contributed by atoms with Crippen LogP contribution in [0.3, 0.4) is 0 Å². The fourth-order valence-corrected chi connectivity index (χ4v) is 14.2. The predicted molar refractivity (Wildman–Crippen MR) is 301 cm³/mol. The van der Waals surface area contributed by atoms with Crippen molar-refractivity contribution >= 4 is 72.9 Å². The Kier molecular flexibility index (Phi) is 14.7. The minimum atomic E-state index is -1.62. The molecule has 3 N–H and O–H groups in total. The van der Waals surface area contributed by atoms with E-state index in [1.165, 1.54) is 81.1 Å². The molecule has 2 aliphatic carbocycles. The Morgan fingerprint density at radius 2 is 0.961 bits per heavy atom. The molecule has 3 aliphatic rings. The molecule has 4 aromatic heterocycles. The number of carbonyl (C=O) groups is 3. The summed E-state index contributed by atoms with van der Waals surface area (Å²) in [6.07, 6.45) is 10.2. The summed E-state index contributed by atoms with van der Waals surface area (Å²) in [6.45, 7) is 3.68. The number of hydrogen-bond acceptors (Lipinski definition) is 6. The van der Waals surface area contributed by atoms with Crippen LogP contribution in [0.4, 0.5) is 0 Å². The Balaban J connectivity index is 0.000000123. The fraction of sp³-hybridized carbons (Fsp3) is 0.222. The lowest BCUT2D eigenvalue weighted by molar-refractivity contribution is 0.0684. The monoisotopic (exact) mass is 1050 g/mol. The second-order valence-electron chi connectivity index (χ2n) is 19.7. The summed E-state index contributed by atoms with van der Waals surface area (Å²) in [4.78, 5) is 37.5. The van der Waals surface area contributed by atoms with Crippen molar-refractivity contribution in [3.63, 3.8) is 0 Å². The number of aryl methyl sites for hydroxylation is 2. The van der Waals surface area contributed by atoms with Crippen molar-refractivity contribution < 1.29 is 33.9 Å². The molecule has 76 heavy (non-hydrogen) atoms. The van der Waals surface area contributed by atoms with E-state index in [4.69, 9.17) is 0 Å². The van der Waals surface area contributed by atoms with Crippen molar-refractivity contribution in [2.75, 3.05) is 6.54 Å². The first kappa shape index (κ1) is 50.3. The normalized spacial score (nSPS) is 14.4. The van der Waals surface area contributed by atoms with E-state index in [1.807, 2.05) is 64.6 Å². The van der Waals surface area contributed by atoms with Gasteiger partial charge >= 0.3 is 17.9 Å². The van der Waals surface area contributed by atoms with Crippen LogP contribution < -0.4 is 0 Å². The number of benzene rings is 6. The molecule has 10 aromatic rings. The number of thiophene rings is 1. The van der Waals surface area contributed by atoms with E-state index in [-0.39, 0.29) is 4.88 Å². The first-order valence-corrected chi connectivity index (χ1v) is 28.0. The molecule has 0 radical (unpaired) electrons. The molecule has 1 atom stereocenters. The third-order valence-corrected chi connectivity index (χ3v) is 17.7. The van der Waals surface area contributed by atoms with E-state index in [0.29, 0.717) is 35.7 Å². The maximum atomic E-state index is 13.6. The number of carboxylic acids is 3. The molecule has 1 unspecified atom stereocenters. The lowest BCUT2D eigenvalue weighted by Crippen LogP contribution is -2.31. The van der Waals surface area contributed by atoms with Crippen LogP contribution in [0.5, 0.6) is 0 Å². The van der Waals surface area contributed by atoms with Crippen molar-refractivity contribution in [2.24, 2.45) is 0 Å². The summed E-state index contributed by atoms with van der Waals surface area (Å²) in [6, 6.07) is 51.6. The van der Waals surface area contributed by atoms with E-state index in [0.717, 1.165) is 84.3 Å². The molecule has 11 nitrogen and oxygen atoms in total. The molecule has 5 heterocycles. The fourth-order valence-electron chi connectivity index (χ4n) is 11.8. The van der Waals surface area contributed by atoms with Gasteiger partial charge in [-0.15, -0.1) is 11.3 Å². The number of aromatic nitrogens is 3. The highest BCUT2D eigenvalue weighted by atomic mass is 32.2. The summed E-state index contributed by atoms with van der Waals surface area (Å²) in [7, 11) is -1.62. The van der Waals surface area contributed by atoms with Gasteiger partial charge in [-0.25, -0.2) is 18.6 Å². The Labute approximate surface area is 447 Å². The highest BCUT2D eigenvalue weighted by Gasteiger charge is 2.29. The van der Waals surface area contributed by atoms with Crippen molar-refractivity contribution in [1.82, 2.24) is 18.0 Å². The third-order valence-electron chi connectivity index (χ3n) is 15.2. The summed E-state index contributed by atoms with van der Waals surface area (Å²) in [5.41, 5.74) is 15.0. The molecule has 13 heteroatoms. The number of rotatable bonds is 11. The van der Waals surface area contributed by atoms with Gasteiger partial charge in [0.1, 0.15) is 4.88 Å². The number of hydrogen-bond donors (Lipinski definition) is 3. The van der Waals surface area contributed by atoms with E-state index in [2.05, 4.69) is 80.8 Å². The summed E-state index contributed by atoms with van der Waals surface area (Å²) < 4.78 is 20.1. The standard InChI is InChI=1S/C23H20N2O3S2.C21H21NO2.C19H17NO2/c26-23(27)22-21(11-13-29-22)30(28)25-19-9-5-4-8-17(19)18-10-12-24(15-20(18)25)14-16-6-2-1-3-7-16;23-21(24)16-9-5-4-8-15(16)14-22-19-12-3-1-2-10-17(19)18-11-6-7-13-20(18)22;21-19(22)14-7-2-1-6-13(14)12-20-17-10-4-3-8-15(17)16-9-5-11-18(16)20/h1-9,11,13H,10,12,14-15H2,(H,26,27);4-9,11,13H,1-3,10,12,14H2,(H,23,24);1-4,6-8,10H,5,9,11-12H2,(H,21,22). The van der Waals surface area contributed by atoms with Crippen LogP contribution in [0.25, 0.3) is 32.7 Å². The highest BCUT2D eigenvalue weighted by Crippen LogP contribution is 2.37. The van der Waals surface area contributed by atoms with E-state index < -0.39 is 28.9 Å². The topological polar surface area (TPSA) is 147 Å². The van der Waals surface area contributed by atoms with Gasteiger partial charge in [-0.2, -0.15) is 0 Å². The molecule has 13 rings (SSSR count). The Morgan fingerprint density at radius 1 is 0.474 bits per heavy atom. The molecule has 0 bridgehead atoms. The molecule has 6 aromatic carbocycles. The minimum Gasteiger partial charge on any atom is -0.478 e. The molecular weight excluding hydrogens is 989 g/mol. The zero-order valence-corrected chi connectivity index (χ0v) is 43.7. The van der Waals surface area contributed by atoms with Gasteiger partial charge in [0.2, 0.25) is 0 Å². The summed E-state index contributed by atoms with van der Waals surface area (Å²) in [5.74, 6) is -2.75. The van der Waals surface area contributed by atoms with Crippen LogP contribution in [-0.4, -0.2) is 62.0 Å². The van der Waals surface area contributed by atoms with Crippen LogP contribution >= 0.6 is 11.3 Å². The molecular formula is C63H58N4O7S2. The molecule has 0 fully saturated rings. The summed E-state index contributed by atoms with van der Waals surface area (Å²) in [5, 5.41) is 33.8. The average Bonchev–Trinajstić information content (AvgIpc) is 4.30. The van der Waals surface area contributed by atoms with E-state index in [1.54, 1.807) is 35.7 Å². The van der Waals surface area contributed by atoms with E-state index >= 15 is 0 Å². The molecule has 0 amide bonds.